The fourth-order valence-electron chi connectivity index (χ4n) is 2.40. The molecule has 122 valence electrons. The molecular formula is C17H21N3O3. The quantitative estimate of drug-likeness (QED) is 0.630. The predicted molar refractivity (Wildman–Crippen MR) is 88.0 cm³/mol. The summed E-state index contributed by atoms with van der Waals surface area (Å²) < 4.78 is 16.0. The standard InChI is InChI=1S/C17H21N3O3/c1-18-17(20-9-7-14-3-2-10-21-14)19-8-6-13-4-5-15-16(11-13)23-12-22-15/h2-5,10-11H,6-9,12H2,1H3,(H2,18,19,20). The maximum Gasteiger partial charge on any atom is 0.231 e. The number of nitrogens with one attached hydrogen (secondary N) is 2. The highest BCUT2D eigenvalue weighted by molar-refractivity contribution is 5.79. The zero-order valence-electron chi connectivity index (χ0n) is 13.2. The summed E-state index contributed by atoms with van der Waals surface area (Å²) in [6.45, 7) is 1.88. The fraction of sp³-hybridized carbons (Fsp3) is 0.353. The van der Waals surface area contributed by atoms with Crippen molar-refractivity contribution in [2.45, 2.75) is 12.8 Å². The third-order valence-electron chi connectivity index (χ3n) is 3.61. The average Bonchev–Trinajstić information content (AvgIpc) is 3.24. The van der Waals surface area contributed by atoms with Crippen molar-refractivity contribution in [1.29, 1.82) is 0 Å². The van der Waals surface area contributed by atoms with Crippen LogP contribution < -0.4 is 20.1 Å². The molecule has 0 radical (unpaired) electrons. The molecule has 6 heteroatoms. The van der Waals surface area contributed by atoms with Crippen molar-refractivity contribution in [1.82, 2.24) is 10.6 Å². The van der Waals surface area contributed by atoms with E-state index in [9.17, 15) is 0 Å². The van der Waals surface area contributed by atoms with Crippen LogP contribution in [-0.2, 0) is 12.8 Å². The van der Waals surface area contributed by atoms with Gasteiger partial charge in [-0.1, -0.05) is 6.07 Å². The van der Waals surface area contributed by atoms with Gasteiger partial charge in [0.2, 0.25) is 6.79 Å². The maximum atomic E-state index is 5.39. The molecule has 0 aliphatic carbocycles. The van der Waals surface area contributed by atoms with E-state index in [1.165, 1.54) is 5.56 Å². The number of rotatable bonds is 6. The number of furan rings is 1. The summed E-state index contributed by atoms with van der Waals surface area (Å²) in [5.41, 5.74) is 1.20. The van der Waals surface area contributed by atoms with E-state index in [4.69, 9.17) is 13.9 Å². The van der Waals surface area contributed by atoms with Gasteiger partial charge in [0.25, 0.3) is 0 Å². The lowest BCUT2D eigenvalue weighted by molar-refractivity contribution is 0.174. The van der Waals surface area contributed by atoms with E-state index in [1.807, 2.05) is 24.3 Å². The van der Waals surface area contributed by atoms with Gasteiger partial charge in [0, 0.05) is 26.6 Å². The number of hydrogen-bond donors (Lipinski definition) is 2. The van der Waals surface area contributed by atoms with E-state index in [0.717, 1.165) is 49.1 Å². The monoisotopic (exact) mass is 315 g/mol. The third-order valence-corrected chi connectivity index (χ3v) is 3.61. The summed E-state index contributed by atoms with van der Waals surface area (Å²) >= 11 is 0. The van der Waals surface area contributed by atoms with E-state index in [0.29, 0.717) is 6.79 Å². The number of guanidine groups is 1. The van der Waals surface area contributed by atoms with E-state index >= 15 is 0 Å². The van der Waals surface area contributed by atoms with Crippen molar-refractivity contribution in [3.05, 3.63) is 47.9 Å². The molecule has 1 aromatic carbocycles. The molecule has 0 saturated carbocycles. The predicted octanol–water partition coefficient (Wildman–Crippen LogP) is 1.96. The van der Waals surface area contributed by atoms with Crippen molar-refractivity contribution in [2.24, 2.45) is 4.99 Å². The van der Waals surface area contributed by atoms with Crippen LogP contribution in [0.5, 0.6) is 11.5 Å². The first kappa shape index (κ1) is 15.3. The first-order valence-electron chi connectivity index (χ1n) is 7.70. The van der Waals surface area contributed by atoms with Crippen LogP contribution in [0.3, 0.4) is 0 Å². The van der Waals surface area contributed by atoms with Crippen LogP contribution in [0.15, 0.2) is 46.0 Å². The lowest BCUT2D eigenvalue weighted by atomic mass is 10.1. The van der Waals surface area contributed by atoms with Crippen LogP contribution in [0.25, 0.3) is 0 Å². The molecule has 23 heavy (non-hydrogen) atoms. The van der Waals surface area contributed by atoms with E-state index in [-0.39, 0.29) is 0 Å². The molecule has 0 saturated heterocycles. The third kappa shape index (κ3) is 4.18. The fourth-order valence-corrected chi connectivity index (χ4v) is 2.40. The van der Waals surface area contributed by atoms with Gasteiger partial charge in [-0.15, -0.1) is 0 Å². The molecule has 2 N–H and O–H groups in total. The van der Waals surface area contributed by atoms with Crippen LogP contribution in [0.1, 0.15) is 11.3 Å². The van der Waals surface area contributed by atoms with Gasteiger partial charge in [-0.25, -0.2) is 0 Å². The summed E-state index contributed by atoms with van der Waals surface area (Å²) in [6.07, 6.45) is 3.40. The summed E-state index contributed by atoms with van der Waals surface area (Å²) in [4.78, 5) is 4.22. The number of aliphatic imine (C=N–C) groups is 1. The molecule has 1 aliphatic heterocycles. The molecule has 0 atom stereocenters. The van der Waals surface area contributed by atoms with Crippen LogP contribution in [0, 0.1) is 0 Å². The molecule has 3 rings (SSSR count). The molecule has 2 aromatic rings. The zero-order valence-corrected chi connectivity index (χ0v) is 13.2. The second-order valence-electron chi connectivity index (χ2n) is 5.19. The van der Waals surface area contributed by atoms with Gasteiger partial charge in [-0.05, 0) is 36.2 Å². The van der Waals surface area contributed by atoms with Crippen LogP contribution in [-0.4, -0.2) is 32.9 Å². The highest BCUT2D eigenvalue weighted by Crippen LogP contribution is 2.32. The second kappa shape index (κ2) is 7.58. The second-order valence-corrected chi connectivity index (χ2v) is 5.19. The Labute approximate surface area is 135 Å². The lowest BCUT2D eigenvalue weighted by Gasteiger charge is -2.11. The average molecular weight is 315 g/mol. The van der Waals surface area contributed by atoms with Crippen molar-refractivity contribution in [3.8, 4) is 11.5 Å². The molecule has 2 heterocycles. The zero-order chi connectivity index (χ0) is 15.9. The minimum atomic E-state index is 0.309. The Morgan fingerprint density at radius 1 is 1.09 bits per heavy atom. The number of ether oxygens (including phenoxy) is 2. The first-order valence-corrected chi connectivity index (χ1v) is 7.70. The highest BCUT2D eigenvalue weighted by atomic mass is 16.7. The normalized spacial score (nSPS) is 13.2. The topological polar surface area (TPSA) is 68.0 Å². The number of benzene rings is 1. The molecule has 0 unspecified atom stereocenters. The lowest BCUT2D eigenvalue weighted by Crippen LogP contribution is -2.39. The summed E-state index contributed by atoms with van der Waals surface area (Å²) in [5.74, 6) is 3.39. The van der Waals surface area contributed by atoms with E-state index in [1.54, 1.807) is 13.3 Å². The van der Waals surface area contributed by atoms with Gasteiger partial charge < -0.3 is 24.5 Å². The molecule has 1 aromatic heterocycles. The van der Waals surface area contributed by atoms with E-state index in [2.05, 4.69) is 21.7 Å². The Morgan fingerprint density at radius 2 is 1.91 bits per heavy atom. The molecule has 0 spiro atoms. The Morgan fingerprint density at radius 3 is 2.70 bits per heavy atom. The molecule has 0 fully saturated rings. The number of fused-ring (bicyclic) bond motifs is 1. The van der Waals surface area contributed by atoms with Crippen molar-refractivity contribution in [3.63, 3.8) is 0 Å². The molecule has 6 nitrogen and oxygen atoms in total. The highest BCUT2D eigenvalue weighted by Gasteiger charge is 2.12. The van der Waals surface area contributed by atoms with Crippen molar-refractivity contribution < 1.29 is 13.9 Å². The minimum Gasteiger partial charge on any atom is -0.469 e. The Kier molecular flexibility index (Phi) is 5.03. The van der Waals surface area contributed by atoms with E-state index < -0.39 is 0 Å². The maximum absolute atomic E-state index is 5.39. The van der Waals surface area contributed by atoms with Crippen molar-refractivity contribution in [2.75, 3.05) is 26.9 Å². The van der Waals surface area contributed by atoms with Crippen molar-refractivity contribution >= 4 is 5.96 Å². The Balaban J connectivity index is 1.40. The molecule has 0 amide bonds. The minimum absolute atomic E-state index is 0.309. The SMILES string of the molecule is CN=C(NCCc1ccc2c(c1)OCO2)NCCc1ccco1. The number of nitrogens with zero attached hydrogens (tertiary/aromatic N) is 1. The summed E-state index contributed by atoms with van der Waals surface area (Å²) in [5, 5.41) is 6.57. The molecule has 1 aliphatic rings. The van der Waals surface area contributed by atoms with Gasteiger partial charge in [-0.3, -0.25) is 4.99 Å². The number of hydrogen-bond acceptors (Lipinski definition) is 4. The first-order chi connectivity index (χ1) is 11.3. The summed E-state index contributed by atoms with van der Waals surface area (Å²) in [6, 6.07) is 9.90. The van der Waals surface area contributed by atoms with Crippen LogP contribution in [0.2, 0.25) is 0 Å². The Hall–Kier alpha value is -2.63. The van der Waals surface area contributed by atoms with Gasteiger partial charge in [0.15, 0.2) is 17.5 Å². The van der Waals surface area contributed by atoms with Crippen LogP contribution >= 0.6 is 0 Å². The van der Waals surface area contributed by atoms with Gasteiger partial charge >= 0.3 is 0 Å². The van der Waals surface area contributed by atoms with Gasteiger partial charge in [0.1, 0.15) is 5.76 Å². The Bertz CT molecular complexity index is 653. The smallest absolute Gasteiger partial charge is 0.231 e. The van der Waals surface area contributed by atoms with Crippen LogP contribution in [0.4, 0.5) is 0 Å². The summed E-state index contributed by atoms with van der Waals surface area (Å²) in [7, 11) is 1.77. The van der Waals surface area contributed by atoms with Gasteiger partial charge in [0.05, 0.1) is 6.26 Å². The largest absolute Gasteiger partial charge is 0.469 e. The van der Waals surface area contributed by atoms with Gasteiger partial charge in [-0.2, -0.15) is 0 Å². The molecule has 0 bridgehead atoms. The molecular weight excluding hydrogens is 294 g/mol.